The Labute approximate surface area is 291 Å². The van der Waals surface area contributed by atoms with Crippen LogP contribution in [0.1, 0.15) is 41.9 Å². The van der Waals surface area contributed by atoms with Crippen LogP contribution in [-0.2, 0) is 10.2 Å². The predicted octanol–water partition coefficient (Wildman–Crippen LogP) is 10.6. The van der Waals surface area contributed by atoms with Crippen LogP contribution < -0.4 is 4.74 Å². The highest BCUT2D eigenvalue weighted by molar-refractivity contribution is 6.10. The Kier molecular flexibility index (Phi) is 5.92. The van der Waals surface area contributed by atoms with Crippen molar-refractivity contribution in [2.75, 3.05) is 0 Å². The molecule has 4 aromatic carbocycles. The van der Waals surface area contributed by atoms with Crippen LogP contribution in [0.2, 0.25) is 0 Å². The molecule has 1 spiro atoms. The number of benzene rings is 4. The van der Waals surface area contributed by atoms with E-state index in [-0.39, 0.29) is 17.9 Å². The maximum absolute atomic E-state index is 7.06. The summed E-state index contributed by atoms with van der Waals surface area (Å²) in [4.78, 5) is 4.45. The molecule has 3 aliphatic carbocycles. The molecule has 6 aliphatic rings. The molecule has 50 heavy (non-hydrogen) atoms. The standard InChI is InChI=1S/C46H34N2O2/c1-5-16-40-33(12-1)34-13-2-6-17-41(34)48(40)32-21-23-38-45(28-32)50-43-19-8-4-15-36(43)46(38)35-14-3-7-18-42(35)49-44-27-30(20-22-37(44)46)29-10-9-11-31(26-29)39-24-25-47-39/h1-3,5-7,9-26,28,30,38,45H,4,8,27H2. The van der Waals surface area contributed by atoms with Crippen LogP contribution in [-0.4, -0.2) is 16.9 Å². The van der Waals surface area contributed by atoms with E-state index in [2.05, 4.69) is 155 Å². The summed E-state index contributed by atoms with van der Waals surface area (Å²) in [6, 6.07) is 35.0. The number of para-hydroxylation sites is 3. The number of ether oxygens (including phenoxy) is 2. The van der Waals surface area contributed by atoms with Gasteiger partial charge in [0.05, 0.1) is 22.1 Å². The Hall–Kier alpha value is -5.87. The third-order valence-corrected chi connectivity index (χ3v) is 11.5. The lowest BCUT2D eigenvalue weighted by atomic mass is 9.54. The minimum absolute atomic E-state index is 0.0313. The fraction of sp³-hybridized carbons (Fsp3) is 0.152. The van der Waals surface area contributed by atoms with E-state index < -0.39 is 5.41 Å². The number of fused-ring (bicyclic) bond motifs is 10. The van der Waals surface area contributed by atoms with Crippen LogP contribution in [0.25, 0.3) is 33.2 Å². The molecule has 11 rings (SSSR count). The van der Waals surface area contributed by atoms with E-state index in [1.165, 1.54) is 44.1 Å². The van der Waals surface area contributed by atoms with Crippen molar-refractivity contribution in [3.05, 3.63) is 185 Å². The Morgan fingerprint density at radius 2 is 1.56 bits per heavy atom. The quantitative estimate of drug-likeness (QED) is 0.196. The van der Waals surface area contributed by atoms with Gasteiger partial charge >= 0.3 is 0 Å². The first kappa shape index (κ1) is 28.0. The average Bonchev–Trinajstić information content (AvgIpc) is 3.48. The van der Waals surface area contributed by atoms with Crippen LogP contribution in [0.5, 0.6) is 5.75 Å². The lowest BCUT2D eigenvalue weighted by Gasteiger charge is -2.54. The monoisotopic (exact) mass is 646 g/mol. The fourth-order valence-electron chi connectivity index (χ4n) is 9.35. The first-order valence-electron chi connectivity index (χ1n) is 17.8. The van der Waals surface area contributed by atoms with E-state index in [1.807, 2.05) is 6.21 Å². The number of aromatic nitrogens is 1. The van der Waals surface area contributed by atoms with E-state index in [4.69, 9.17) is 9.47 Å². The van der Waals surface area contributed by atoms with Gasteiger partial charge in [-0.1, -0.05) is 97.1 Å². The van der Waals surface area contributed by atoms with Gasteiger partial charge in [0.2, 0.25) is 0 Å². The predicted molar refractivity (Wildman–Crippen MR) is 202 cm³/mol. The normalized spacial score (nSPS) is 25.7. The first-order chi connectivity index (χ1) is 24.8. The summed E-state index contributed by atoms with van der Waals surface area (Å²) in [7, 11) is 0. The Morgan fingerprint density at radius 3 is 2.38 bits per heavy atom. The SMILES string of the molecule is C1=CC2C(C=C1n1c3ccccc3c3ccccc31)OC1=CCCC=C1C21C2=C(CC(c3cccc(C4=CC=N4)c3)C=C2)Oc2ccccc21. The smallest absolute Gasteiger partial charge is 0.131 e. The summed E-state index contributed by atoms with van der Waals surface area (Å²) in [5.41, 5.74) is 10.3. The molecule has 0 saturated carbocycles. The number of aliphatic imine (C=N–C) groups is 1. The van der Waals surface area contributed by atoms with Crippen molar-refractivity contribution in [3.8, 4) is 5.75 Å². The number of nitrogens with zero attached hydrogens (tertiary/aromatic N) is 2. The molecule has 4 atom stereocenters. The maximum Gasteiger partial charge on any atom is 0.131 e. The number of allylic oxidation sites excluding steroid dienone is 10. The molecule has 0 radical (unpaired) electrons. The van der Waals surface area contributed by atoms with Crippen LogP contribution in [0.3, 0.4) is 0 Å². The molecule has 4 heteroatoms. The van der Waals surface area contributed by atoms with Crippen molar-refractivity contribution >= 4 is 39.4 Å². The zero-order valence-corrected chi connectivity index (χ0v) is 27.5. The van der Waals surface area contributed by atoms with E-state index >= 15 is 0 Å². The third kappa shape index (κ3) is 3.85. The second-order valence-corrected chi connectivity index (χ2v) is 14.1. The van der Waals surface area contributed by atoms with Crippen LogP contribution in [0.15, 0.2) is 173 Å². The van der Waals surface area contributed by atoms with Crippen molar-refractivity contribution in [3.63, 3.8) is 0 Å². The molecule has 4 nitrogen and oxygen atoms in total. The summed E-state index contributed by atoms with van der Waals surface area (Å²) >= 11 is 0. The lowest BCUT2D eigenvalue weighted by Crippen LogP contribution is -2.52. The largest absolute Gasteiger partial charge is 0.486 e. The van der Waals surface area contributed by atoms with Gasteiger partial charge in [0.25, 0.3) is 0 Å². The van der Waals surface area contributed by atoms with Crippen LogP contribution >= 0.6 is 0 Å². The summed E-state index contributed by atoms with van der Waals surface area (Å²) in [6.07, 6.45) is 23.2. The number of hydrogen-bond donors (Lipinski definition) is 0. The van der Waals surface area contributed by atoms with Crippen molar-refractivity contribution in [2.24, 2.45) is 10.9 Å². The fourth-order valence-corrected chi connectivity index (χ4v) is 9.35. The van der Waals surface area contributed by atoms with Gasteiger partial charge < -0.3 is 14.0 Å². The molecule has 1 fully saturated rings. The minimum Gasteiger partial charge on any atom is -0.486 e. The second-order valence-electron chi connectivity index (χ2n) is 14.1. The average molecular weight is 647 g/mol. The van der Waals surface area contributed by atoms with Crippen molar-refractivity contribution in [2.45, 2.75) is 36.7 Å². The zero-order chi connectivity index (χ0) is 32.8. The summed E-state index contributed by atoms with van der Waals surface area (Å²) in [6.45, 7) is 0. The highest BCUT2D eigenvalue weighted by Crippen LogP contribution is 2.62. The Morgan fingerprint density at radius 1 is 0.780 bits per heavy atom. The number of hydrogen-bond acceptors (Lipinski definition) is 3. The molecule has 4 heterocycles. The summed E-state index contributed by atoms with van der Waals surface area (Å²) in [5.74, 6) is 3.24. The van der Waals surface area contributed by atoms with E-state index in [0.29, 0.717) is 0 Å². The van der Waals surface area contributed by atoms with Crippen molar-refractivity contribution < 1.29 is 9.47 Å². The molecule has 240 valence electrons. The minimum atomic E-state index is -0.451. The molecule has 0 N–H and O–H groups in total. The zero-order valence-electron chi connectivity index (χ0n) is 27.5. The van der Waals surface area contributed by atoms with Gasteiger partial charge in [0.15, 0.2) is 0 Å². The molecule has 5 aromatic rings. The van der Waals surface area contributed by atoms with E-state index in [1.54, 1.807) is 0 Å². The van der Waals surface area contributed by atoms with Crippen LogP contribution in [0.4, 0.5) is 0 Å². The molecule has 4 unspecified atom stereocenters. The van der Waals surface area contributed by atoms with Gasteiger partial charge in [-0.3, -0.25) is 4.99 Å². The highest BCUT2D eigenvalue weighted by Gasteiger charge is 2.58. The molecular formula is C46H34N2O2. The van der Waals surface area contributed by atoms with Gasteiger partial charge in [-0.2, -0.15) is 0 Å². The molecule has 3 aliphatic heterocycles. The first-order valence-corrected chi connectivity index (χ1v) is 17.8. The van der Waals surface area contributed by atoms with Gasteiger partial charge in [-0.25, -0.2) is 0 Å². The van der Waals surface area contributed by atoms with Gasteiger partial charge in [-0.15, -0.1) is 0 Å². The third-order valence-electron chi connectivity index (χ3n) is 11.5. The topological polar surface area (TPSA) is 35.8 Å². The van der Waals surface area contributed by atoms with Gasteiger partial charge in [0, 0.05) is 63.2 Å². The van der Waals surface area contributed by atoms with E-state index in [9.17, 15) is 0 Å². The summed E-state index contributed by atoms with van der Waals surface area (Å²) < 4.78 is 16.4. The summed E-state index contributed by atoms with van der Waals surface area (Å²) in [5, 5.41) is 2.52. The van der Waals surface area contributed by atoms with Gasteiger partial charge in [0.1, 0.15) is 23.4 Å². The van der Waals surface area contributed by atoms with Crippen molar-refractivity contribution in [1.82, 2.24) is 4.57 Å². The Balaban J connectivity index is 1.07. The van der Waals surface area contributed by atoms with Crippen molar-refractivity contribution in [1.29, 1.82) is 0 Å². The van der Waals surface area contributed by atoms with E-state index in [0.717, 1.165) is 53.5 Å². The molecule has 0 amide bonds. The highest BCUT2D eigenvalue weighted by atomic mass is 16.5. The maximum atomic E-state index is 7.06. The van der Waals surface area contributed by atoms with Crippen LogP contribution in [0, 0.1) is 5.92 Å². The number of rotatable bonds is 3. The second kappa shape index (κ2) is 10.6. The molecular weight excluding hydrogens is 613 g/mol. The Bertz CT molecular complexity index is 2500. The molecule has 1 saturated heterocycles. The molecule has 1 aromatic heterocycles. The lowest BCUT2D eigenvalue weighted by molar-refractivity contribution is 0.0628. The van der Waals surface area contributed by atoms with Gasteiger partial charge in [-0.05, 0) is 67.0 Å². The molecule has 0 bridgehead atoms.